The van der Waals surface area contributed by atoms with Gasteiger partial charge in [0.1, 0.15) is 17.1 Å². The zero-order valence-corrected chi connectivity index (χ0v) is 15.9. The number of methoxy groups -OCH3 is 1. The van der Waals surface area contributed by atoms with Crippen LogP contribution < -0.4 is 14.8 Å². The van der Waals surface area contributed by atoms with Gasteiger partial charge in [-0.05, 0) is 32.0 Å². The van der Waals surface area contributed by atoms with Gasteiger partial charge in [-0.2, -0.15) is 0 Å². The van der Waals surface area contributed by atoms with Gasteiger partial charge in [-0.25, -0.2) is 0 Å². The summed E-state index contributed by atoms with van der Waals surface area (Å²) in [6.45, 7) is 3.85. The van der Waals surface area contributed by atoms with Crippen LogP contribution in [-0.4, -0.2) is 23.5 Å². The maximum absolute atomic E-state index is 12.8. The van der Waals surface area contributed by atoms with Crippen LogP contribution in [0.5, 0.6) is 11.5 Å². The Kier molecular flexibility index (Phi) is 4.97. The van der Waals surface area contributed by atoms with Gasteiger partial charge in [-0.1, -0.05) is 11.6 Å². The summed E-state index contributed by atoms with van der Waals surface area (Å²) in [5.41, 5.74) is 0.168. The van der Waals surface area contributed by atoms with Gasteiger partial charge in [0, 0.05) is 30.2 Å². The Morgan fingerprint density at radius 2 is 2.07 bits per heavy atom. The van der Waals surface area contributed by atoms with Crippen LogP contribution in [0.2, 0.25) is 5.02 Å². The van der Waals surface area contributed by atoms with E-state index >= 15 is 0 Å². The lowest BCUT2D eigenvalue weighted by atomic mass is 9.89. The van der Waals surface area contributed by atoms with Crippen LogP contribution in [0.4, 0.5) is 5.69 Å². The molecule has 3 rings (SSSR count). The summed E-state index contributed by atoms with van der Waals surface area (Å²) in [5.74, 6) is 0.799. The second kappa shape index (κ2) is 7.08. The highest BCUT2D eigenvalue weighted by Crippen LogP contribution is 2.41. The van der Waals surface area contributed by atoms with E-state index in [-0.39, 0.29) is 22.3 Å². The third-order valence-corrected chi connectivity index (χ3v) is 4.72. The monoisotopic (exact) mass is 390 g/mol. The first-order valence-corrected chi connectivity index (χ1v) is 8.70. The lowest BCUT2D eigenvalue weighted by Crippen LogP contribution is -2.41. The van der Waals surface area contributed by atoms with E-state index in [9.17, 15) is 14.9 Å². The zero-order valence-electron chi connectivity index (χ0n) is 15.1. The molecule has 0 saturated carbocycles. The molecule has 0 unspecified atom stereocenters. The van der Waals surface area contributed by atoms with Crippen LogP contribution in [-0.2, 0) is 0 Å². The molecule has 1 aliphatic heterocycles. The number of hydrogen-bond donors (Lipinski definition) is 1. The highest BCUT2D eigenvalue weighted by atomic mass is 35.5. The second-order valence-corrected chi connectivity index (χ2v) is 7.32. The van der Waals surface area contributed by atoms with E-state index in [1.54, 1.807) is 19.2 Å². The molecule has 0 aliphatic carbocycles. The molecule has 1 heterocycles. The minimum absolute atomic E-state index is 0.0604. The van der Waals surface area contributed by atoms with E-state index < -0.39 is 16.4 Å². The van der Waals surface area contributed by atoms with E-state index in [0.29, 0.717) is 17.9 Å². The van der Waals surface area contributed by atoms with Gasteiger partial charge in [0.25, 0.3) is 11.6 Å². The summed E-state index contributed by atoms with van der Waals surface area (Å²) in [4.78, 5) is 23.2. The molecule has 7 nitrogen and oxygen atoms in total. The molecule has 142 valence electrons. The van der Waals surface area contributed by atoms with Crippen molar-refractivity contribution in [2.24, 2.45) is 0 Å². The van der Waals surface area contributed by atoms with E-state index in [4.69, 9.17) is 21.1 Å². The number of carbonyl (C=O) groups excluding carboxylic acids is 1. The van der Waals surface area contributed by atoms with Gasteiger partial charge in [-0.3, -0.25) is 14.9 Å². The van der Waals surface area contributed by atoms with Crippen molar-refractivity contribution in [2.75, 3.05) is 7.11 Å². The molecule has 1 atom stereocenters. The largest absolute Gasteiger partial charge is 0.497 e. The number of ether oxygens (including phenoxy) is 2. The SMILES string of the molecule is COc1ccc2c(c1)OC(C)(C)C[C@@H]2NC(=O)c1cc([N+](=O)[O-])ccc1Cl. The highest BCUT2D eigenvalue weighted by molar-refractivity contribution is 6.34. The van der Waals surface area contributed by atoms with Crippen molar-refractivity contribution in [1.82, 2.24) is 5.32 Å². The molecule has 2 aromatic carbocycles. The third-order valence-electron chi connectivity index (χ3n) is 4.39. The number of nitro groups is 1. The molecule has 0 bridgehead atoms. The number of nitro benzene ring substituents is 1. The first-order chi connectivity index (χ1) is 12.7. The molecule has 1 amide bonds. The predicted molar refractivity (Wildman–Crippen MR) is 101 cm³/mol. The second-order valence-electron chi connectivity index (χ2n) is 6.92. The Morgan fingerprint density at radius 1 is 1.33 bits per heavy atom. The predicted octanol–water partition coefficient (Wildman–Crippen LogP) is 4.29. The maximum Gasteiger partial charge on any atom is 0.270 e. The number of benzene rings is 2. The van der Waals surface area contributed by atoms with Gasteiger partial charge in [-0.15, -0.1) is 0 Å². The van der Waals surface area contributed by atoms with Crippen LogP contribution in [0, 0.1) is 10.1 Å². The fourth-order valence-corrected chi connectivity index (χ4v) is 3.33. The van der Waals surface area contributed by atoms with Crippen molar-refractivity contribution >= 4 is 23.2 Å². The number of carbonyl (C=O) groups is 1. The van der Waals surface area contributed by atoms with Crippen LogP contribution in [0.3, 0.4) is 0 Å². The van der Waals surface area contributed by atoms with Crippen molar-refractivity contribution < 1.29 is 19.2 Å². The number of fused-ring (bicyclic) bond motifs is 1. The van der Waals surface area contributed by atoms with Gasteiger partial charge in [0.2, 0.25) is 0 Å². The summed E-state index contributed by atoms with van der Waals surface area (Å²) in [6, 6.07) is 8.85. The van der Waals surface area contributed by atoms with Crippen molar-refractivity contribution in [2.45, 2.75) is 31.9 Å². The summed E-state index contributed by atoms with van der Waals surface area (Å²) < 4.78 is 11.2. The normalized spacial score (nSPS) is 17.4. The molecular formula is C19H19ClN2O5. The molecule has 0 fully saturated rings. The van der Waals surface area contributed by atoms with Gasteiger partial charge in [0.15, 0.2) is 0 Å². The summed E-state index contributed by atoms with van der Waals surface area (Å²) in [7, 11) is 1.57. The first kappa shape index (κ1) is 19.0. The number of non-ortho nitro benzene ring substituents is 1. The molecule has 2 aromatic rings. The Morgan fingerprint density at radius 3 is 2.74 bits per heavy atom. The lowest BCUT2D eigenvalue weighted by Gasteiger charge is -2.38. The minimum atomic E-state index is -0.563. The van der Waals surface area contributed by atoms with Crippen molar-refractivity contribution in [3.8, 4) is 11.5 Å². The minimum Gasteiger partial charge on any atom is -0.497 e. The van der Waals surface area contributed by atoms with Crippen molar-refractivity contribution in [3.05, 3.63) is 62.7 Å². The lowest BCUT2D eigenvalue weighted by molar-refractivity contribution is -0.384. The Balaban J connectivity index is 1.93. The molecule has 0 radical (unpaired) electrons. The topological polar surface area (TPSA) is 90.7 Å². The fraction of sp³-hybridized carbons (Fsp3) is 0.316. The summed E-state index contributed by atoms with van der Waals surface area (Å²) in [5, 5.41) is 14.1. The smallest absolute Gasteiger partial charge is 0.270 e. The Hall–Kier alpha value is -2.80. The number of hydrogen-bond acceptors (Lipinski definition) is 5. The Labute approximate surface area is 161 Å². The highest BCUT2D eigenvalue weighted by Gasteiger charge is 2.35. The van der Waals surface area contributed by atoms with E-state index in [2.05, 4.69) is 5.32 Å². The van der Waals surface area contributed by atoms with Crippen LogP contribution in [0.1, 0.15) is 42.2 Å². The average molecular weight is 391 g/mol. The number of nitrogens with zero attached hydrogens (tertiary/aromatic N) is 1. The molecule has 1 N–H and O–H groups in total. The Bertz CT molecular complexity index is 913. The maximum atomic E-state index is 12.8. The van der Waals surface area contributed by atoms with E-state index in [1.807, 2.05) is 19.9 Å². The van der Waals surface area contributed by atoms with Crippen LogP contribution in [0.15, 0.2) is 36.4 Å². The van der Waals surface area contributed by atoms with E-state index in [0.717, 1.165) is 5.56 Å². The van der Waals surface area contributed by atoms with Gasteiger partial charge in [0.05, 0.1) is 28.7 Å². The average Bonchev–Trinajstić information content (AvgIpc) is 2.60. The first-order valence-electron chi connectivity index (χ1n) is 8.32. The van der Waals surface area contributed by atoms with Crippen LogP contribution >= 0.6 is 11.6 Å². The van der Waals surface area contributed by atoms with Crippen molar-refractivity contribution in [3.63, 3.8) is 0 Å². The quantitative estimate of drug-likeness (QED) is 0.621. The molecule has 0 spiro atoms. The molecule has 0 saturated heterocycles. The number of rotatable bonds is 4. The van der Waals surface area contributed by atoms with Crippen LogP contribution in [0.25, 0.3) is 0 Å². The molecule has 27 heavy (non-hydrogen) atoms. The molecule has 0 aromatic heterocycles. The van der Waals surface area contributed by atoms with Gasteiger partial charge < -0.3 is 14.8 Å². The zero-order chi connectivity index (χ0) is 19.8. The summed E-state index contributed by atoms with van der Waals surface area (Å²) in [6.07, 6.45) is 0.532. The number of nitrogens with one attached hydrogen (secondary N) is 1. The van der Waals surface area contributed by atoms with Crippen molar-refractivity contribution in [1.29, 1.82) is 0 Å². The summed E-state index contributed by atoms with van der Waals surface area (Å²) >= 11 is 6.08. The molecular weight excluding hydrogens is 372 g/mol. The van der Waals surface area contributed by atoms with Gasteiger partial charge >= 0.3 is 0 Å². The third kappa shape index (κ3) is 3.98. The fourth-order valence-electron chi connectivity index (χ4n) is 3.12. The number of amides is 1. The molecule has 1 aliphatic rings. The molecule has 8 heteroatoms. The standard InChI is InChI=1S/C19H19ClN2O5/c1-19(2)10-16(13-6-5-12(26-3)9-17(13)27-19)21-18(23)14-8-11(22(24)25)4-7-15(14)20/h4-9,16H,10H2,1-3H3,(H,21,23)/t16-/m0/s1. The number of halogens is 1. The van der Waals surface area contributed by atoms with E-state index in [1.165, 1.54) is 18.2 Å².